The average molecular weight is 509 g/mol. The number of aliphatic hydroxyl groups excluding tert-OH is 2. The molecule has 0 spiro atoms. The van der Waals surface area contributed by atoms with Gasteiger partial charge in [0.1, 0.15) is 36.1 Å². The Morgan fingerprint density at radius 2 is 2.12 bits per heavy atom. The molecule has 0 bridgehead atoms. The van der Waals surface area contributed by atoms with Crippen molar-refractivity contribution in [2.75, 3.05) is 18.5 Å². The lowest BCUT2D eigenvalue weighted by Crippen LogP contribution is -2.33. The second-order valence-electron chi connectivity index (χ2n) is 7.80. The molecule has 3 unspecified atom stereocenters. The van der Waals surface area contributed by atoms with Gasteiger partial charge in [0.2, 0.25) is 0 Å². The second-order valence-corrected chi connectivity index (χ2v) is 9.04. The first kappa shape index (κ1) is 25.7. The van der Waals surface area contributed by atoms with Crippen LogP contribution in [0, 0.1) is 5.92 Å². The third-order valence-electron chi connectivity index (χ3n) is 5.03. The SMILES string of the molecule is CC(C)CCNc1ncnc2c1c(C(N)=NO)cn2[C@@H]1OC(COP(=O)(O)O)C(O)[C@H]1O.[2H]P. The van der Waals surface area contributed by atoms with E-state index in [0.29, 0.717) is 23.7 Å². The van der Waals surface area contributed by atoms with Gasteiger partial charge < -0.3 is 45.6 Å². The van der Waals surface area contributed by atoms with E-state index in [1.165, 1.54) is 17.1 Å². The summed E-state index contributed by atoms with van der Waals surface area (Å²) >= 11 is 0. The number of phosphoric ester groups is 1. The molecule has 16 heteroatoms. The van der Waals surface area contributed by atoms with E-state index in [0.717, 1.165) is 6.42 Å². The minimum absolute atomic E-state index is 0.232. The largest absolute Gasteiger partial charge is 0.469 e. The van der Waals surface area contributed by atoms with E-state index >= 15 is 0 Å². The molecule has 2 aromatic rings. The zero-order valence-electron chi connectivity index (χ0n) is 19.0. The van der Waals surface area contributed by atoms with Crippen LogP contribution in [0.4, 0.5) is 5.82 Å². The summed E-state index contributed by atoms with van der Waals surface area (Å²) in [6.07, 6.45) is -1.82. The van der Waals surface area contributed by atoms with Crippen molar-refractivity contribution >= 4 is 40.4 Å². The van der Waals surface area contributed by atoms with E-state index in [1.807, 2.05) is 0 Å². The molecule has 0 aromatic carbocycles. The minimum atomic E-state index is -4.80. The van der Waals surface area contributed by atoms with Crippen LogP contribution < -0.4 is 11.1 Å². The van der Waals surface area contributed by atoms with Gasteiger partial charge in [-0.1, -0.05) is 19.0 Å². The second kappa shape index (κ2) is 11.0. The molecule has 0 aliphatic carbocycles. The van der Waals surface area contributed by atoms with Gasteiger partial charge in [0.15, 0.2) is 12.1 Å². The number of fused-ring (bicyclic) bond motifs is 1. The molecule has 2 aromatic heterocycles. The van der Waals surface area contributed by atoms with E-state index in [-0.39, 0.29) is 17.0 Å². The maximum atomic E-state index is 11.0. The van der Waals surface area contributed by atoms with E-state index in [2.05, 4.69) is 38.8 Å². The fraction of sp³-hybridized carbons (Fsp3) is 0.588. The molecular formula is C17H30N6O8P2. The van der Waals surface area contributed by atoms with Gasteiger partial charge in [-0.05, 0) is 12.3 Å². The van der Waals surface area contributed by atoms with Crippen LogP contribution in [0.3, 0.4) is 0 Å². The number of nitrogens with one attached hydrogen (secondary N) is 1. The first-order valence-corrected chi connectivity index (χ1v) is 11.4. The van der Waals surface area contributed by atoms with Crippen molar-refractivity contribution in [3.63, 3.8) is 0 Å². The highest BCUT2D eigenvalue weighted by Crippen LogP contribution is 2.39. The lowest BCUT2D eigenvalue weighted by molar-refractivity contribution is -0.0501. The highest BCUT2D eigenvalue weighted by Gasteiger charge is 2.45. The zero-order chi connectivity index (χ0) is 25.6. The highest BCUT2D eigenvalue weighted by atomic mass is 31.2. The lowest BCUT2D eigenvalue weighted by atomic mass is 10.1. The van der Waals surface area contributed by atoms with Crippen LogP contribution in [0.2, 0.25) is 0 Å². The first-order valence-electron chi connectivity index (χ1n) is 10.4. The third kappa shape index (κ3) is 6.17. The normalized spacial score (nSPS) is 24.0. The minimum Gasteiger partial charge on any atom is -0.409 e. The Morgan fingerprint density at radius 1 is 1.42 bits per heavy atom. The predicted molar refractivity (Wildman–Crippen MR) is 123 cm³/mol. The molecule has 0 saturated carbocycles. The molecule has 14 nitrogen and oxygen atoms in total. The summed E-state index contributed by atoms with van der Waals surface area (Å²) in [4.78, 5) is 26.2. The topological polar surface area (TPSA) is 218 Å². The third-order valence-corrected chi connectivity index (χ3v) is 5.51. The van der Waals surface area contributed by atoms with E-state index in [1.54, 1.807) is 9.84 Å². The molecular weight excluding hydrogens is 478 g/mol. The molecule has 3 heterocycles. The van der Waals surface area contributed by atoms with Gasteiger partial charge in [-0.2, -0.15) is 9.84 Å². The maximum absolute atomic E-state index is 11.0. The van der Waals surface area contributed by atoms with Gasteiger partial charge in [-0.3, -0.25) is 4.52 Å². The molecule has 0 radical (unpaired) electrons. The van der Waals surface area contributed by atoms with Gasteiger partial charge >= 0.3 is 7.82 Å². The fourth-order valence-electron chi connectivity index (χ4n) is 3.41. The number of ether oxygens (including phenoxy) is 1. The maximum Gasteiger partial charge on any atom is 0.469 e. The van der Waals surface area contributed by atoms with Gasteiger partial charge in [0.25, 0.3) is 0 Å². The Morgan fingerprint density at radius 3 is 2.73 bits per heavy atom. The Balaban J connectivity index is 0.00000199. The van der Waals surface area contributed by atoms with Crippen molar-refractivity contribution in [3.05, 3.63) is 18.1 Å². The number of nitrogens with zero attached hydrogens (tertiary/aromatic N) is 4. The molecule has 1 aliphatic heterocycles. The number of nitrogens with two attached hydrogens (primary N) is 1. The van der Waals surface area contributed by atoms with Crippen LogP contribution in [-0.2, 0) is 13.8 Å². The molecule has 1 fully saturated rings. The van der Waals surface area contributed by atoms with Crippen LogP contribution in [0.5, 0.6) is 0 Å². The summed E-state index contributed by atoms with van der Waals surface area (Å²) in [6.45, 7) is 4.11. The summed E-state index contributed by atoms with van der Waals surface area (Å²) in [6, 6.07) is 0. The Bertz CT molecular complexity index is 1030. The molecule has 5 atom stereocenters. The van der Waals surface area contributed by atoms with Crippen molar-refractivity contribution < 1.29 is 39.0 Å². The average Bonchev–Trinajstić information content (AvgIpc) is 3.31. The zero-order valence-corrected chi connectivity index (χ0v) is 20.1. The summed E-state index contributed by atoms with van der Waals surface area (Å²) < 4.78 is 28.0. The number of aromatic nitrogens is 3. The smallest absolute Gasteiger partial charge is 0.409 e. The quantitative estimate of drug-likeness (QED) is 0.0767. The van der Waals surface area contributed by atoms with Crippen molar-refractivity contribution in [2.45, 2.75) is 44.8 Å². The summed E-state index contributed by atoms with van der Waals surface area (Å²) in [7, 11) is -3.13. The molecule has 1 aliphatic rings. The molecule has 3 rings (SSSR count). The number of hydrogen-bond acceptors (Lipinski definition) is 10. The van der Waals surface area contributed by atoms with Crippen LogP contribution >= 0.6 is 17.7 Å². The number of hydrogen-bond donors (Lipinski definition) is 7. The standard InChI is InChI=1S/C17H27N6O8P.H3P/c1-8(2)3-4-19-15-11-9(14(18)22-26)5-23(16(11)21-7-20-15)17-13(25)12(24)10(31-17)6-30-32(27,28)29;/h5,7-8,10,12-13,17,24-26H,3-4,6H2,1-2H3,(H2,18,22)(H,19,20,21)(H2,27,28,29);1H3/t10?,12?,13-,17-;/m1./s1/i;1D. The Kier molecular flexibility index (Phi) is 8.59. The van der Waals surface area contributed by atoms with Crippen LogP contribution in [0.1, 0.15) is 32.1 Å². The van der Waals surface area contributed by atoms with Gasteiger partial charge in [0.05, 0.1) is 18.8 Å². The van der Waals surface area contributed by atoms with E-state index in [4.69, 9.17) is 21.5 Å². The first-order chi connectivity index (χ1) is 16.0. The Hall–Kier alpha value is -1.89. The molecule has 0 amide bonds. The molecule has 1 saturated heterocycles. The molecule has 33 heavy (non-hydrogen) atoms. The number of oxime groups is 1. The van der Waals surface area contributed by atoms with Crippen molar-refractivity contribution in [1.29, 1.82) is 1.28 Å². The predicted octanol–water partition coefficient (Wildman–Crippen LogP) is -0.230. The summed E-state index contributed by atoms with van der Waals surface area (Å²) in [5, 5.41) is 36.7. The number of phosphoric acid groups is 1. The van der Waals surface area contributed by atoms with Crippen molar-refractivity contribution in [3.8, 4) is 0 Å². The summed E-state index contributed by atoms with van der Waals surface area (Å²) in [5.74, 6) is 0.638. The van der Waals surface area contributed by atoms with Crippen LogP contribution in [0.25, 0.3) is 11.0 Å². The summed E-state index contributed by atoms with van der Waals surface area (Å²) in [5.41, 5.74) is 6.37. The highest BCUT2D eigenvalue weighted by molar-refractivity contribution is 7.46. The van der Waals surface area contributed by atoms with Crippen LogP contribution in [0.15, 0.2) is 17.7 Å². The molecule has 8 N–H and O–H groups in total. The molecule has 186 valence electrons. The Labute approximate surface area is 193 Å². The number of aliphatic hydroxyl groups is 2. The van der Waals surface area contributed by atoms with Gasteiger partial charge in [0, 0.05) is 12.7 Å². The monoisotopic (exact) mass is 509 g/mol. The number of rotatable bonds is 9. The van der Waals surface area contributed by atoms with Crippen molar-refractivity contribution in [1.82, 2.24) is 14.5 Å². The number of anilines is 1. The van der Waals surface area contributed by atoms with Gasteiger partial charge in [-0.15, -0.1) is 0 Å². The van der Waals surface area contributed by atoms with Crippen LogP contribution in [-0.4, -0.2) is 78.3 Å². The van der Waals surface area contributed by atoms with Crippen molar-refractivity contribution in [2.24, 2.45) is 16.8 Å². The number of amidine groups is 1. The van der Waals surface area contributed by atoms with E-state index in [9.17, 15) is 20.0 Å². The lowest BCUT2D eigenvalue weighted by Gasteiger charge is -2.17. The van der Waals surface area contributed by atoms with Gasteiger partial charge in [-0.25, -0.2) is 14.5 Å². The van der Waals surface area contributed by atoms with E-state index < -0.39 is 39.0 Å². The fourth-order valence-corrected chi connectivity index (χ4v) is 3.75.